The summed E-state index contributed by atoms with van der Waals surface area (Å²) in [5.41, 5.74) is 0.204. The minimum atomic E-state index is -1.04. The van der Waals surface area contributed by atoms with E-state index in [9.17, 15) is 19.5 Å². The molecule has 0 saturated heterocycles. The number of aliphatic hydroxyl groups excluding tert-OH is 1. The molecule has 1 N–H and O–H groups in total. The van der Waals surface area contributed by atoms with Crippen LogP contribution in [0.15, 0.2) is 36.5 Å². The maximum Gasteiger partial charge on any atom is 0.333 e. The Morgan fingerprint density at radius 1 is 0.788 bits per heavy atom. The molecule has 0 aromatic heterocycles. The highest BCUT2D eigenvalue weighted by Gasteiger charge is 2.32. The molecule has 0 aliphatic rings. The first-order chi connectivity index (χ1) is 15.5. The molecule has 0 aliphatic heterocycles. The van der Waals surface area contributed by atoms with Crippen LogP contribution in [-0.2, 0) is 38.1 Å². The molecular formula is C24H38O9. The lowest BCUT2D eigenvalue weighted by Crippen LogP contribution is -2.41. The molecule has 0 aliphatic carbocycles. The minimum absolute atomic E-state index is 0.0530. The number of esters is 2. The number of rotatable bonds is 19. The predicted molar refractivity (Wildman–Crippen MR) is 123 cm³/mol. The number of ketones is 1. The molecule has 9 nitrogen and oxygen atoms in total. The maximum absolute atomic E-state index is 12.2. The van der Waals surface area contributed by atoms with Gasteiger partial charge in [-0.1, -0.05) is 26.7 Å². The second kappa shape index (κ2) is 16.3. The average Bonchev–Trinajstić information content (AvgIpc) is 2.77. The highest BCUT2D eigenvalue weighted by Crippen LogP contribution is 2.25. The SMILES string of the molecule is C=C(C)C(=O)OCCOCC(CC)(COCCOC(=O)C(=C)C)COC(CO)C(=O)C(=C)C. The quantitative estimate of drug-likeness (QED) is 0.172. The summed E-state index contributed by atoms with van der Waals surface area (Å²) in [7, 11) is 0. The van der Waals surface area contributed by atoms with E-state index in [1.54, 1.807) is 20.8 Å². The molecule has 0 spiro atoms. The molecule has 0 fully saturated rings. The van der Waals surface area contributed by atoms with E-state index in [0.717, 1.165) is 0 Å². The molecule has 188 valence electrons. The van der Waals surface area contributed by atoms with Crippen molar-refractivity contribution in [1.82, 2.24) is 0 Å². The maximum atomic E-state index is 12.2. The molecular weight excluding hydrogens is 432 g/mol. The Bertz CT molecular complexity index is 660. The van der Waals surface area contributed by atoms with Gasteiger partial charge in [0.25, 0.3) is 0 Å². The molecule has 0 aromatic carbocycles. The van der Waals surface area contributed by atoms with Crippen LogP contribution >= 0.6 is 0 Å². The largest absolute Gasteiger partial charge is 0.460 e. The molecule has 0 amide bonds. The molecule has 0 rings (SSSR count). The van der Waals surface area contributed by atoms with Crippen molar-refractivity contribution in [3.63, 3.8) is 0 Å². The van der Waals surface area contributed by atoms with Crippen molar-refractivity contribution in [2.75, 3.05) is 52.9 Å². The van der Waals surface area contributed by atoms with Crippen molar-refractivity contribution in [1.29, 1.82) is 0 Å². The van der Waals surface area contributed by atoms with Crippen LogP contribution in [0.5, 0.6) is 0 Å². The van der Waals surface area contributed by atoms with Crippen LogP contribution in [0.2, 0.25) is 0 Å². The van der Waals surface area contributed by atoms with E-state index in [1.165, 1.54) is 0 Å². The van der Waals surface area contributed by atoms with Gasteiger partial charge in [-0.2, -0.15) is 0 Å². The molecule has 1 unspecified atom stereocenters. The first-order valence-corrected chi connectivity index (χ1v) is 10.7. The lowest BCUT2D eigenvalue weighted by atomic mass is 9.87. The Labute approximate surface area is 196 Å². The van der Waals surface area contributed by atoms with Gasteiger partial charge in [-0.25, -0.2) is 9.59 Å². The van der Waals surface area contributed by atoms with Gasteiger partial charge in [0.2, 0.25) is 0 Å². The monoisotopic (exact) mass is 470 g/mol. The van der Waals surface area contributed by atoms with Gasteiger partial charge in [0.05, 0.1) is 39.6 Å². The zero-order chi connectivity index (χ0) is 25.4. The summed E-state index contributed by atoms with van der Waals surface area (Å²) in [4.78, 5) is 35.1. The van der Waals surface area contributed by atoms with Gasteiger partial charge in [-0.05, 0) is 32.8 Å². The molecule has 0 radical (unpaired) electrons. The third kappa shape index (κ3) is 12.5. The van der Waals surface area contributed by atoms with Crippen LogP contribution in [0, 0.1) is 5.41 Å². The number of carbonyl (C=O) groups is 3. The first-order valence-electron chi connectivity index (χ1n) is 10.7. The van der Waals surface area contributed by atoms with E-state index in [0.29, 0.717) is 17.6 Å². The van der Waals surface area contributed by atoms with Gasteiger partial charge in [-0.3, -0.25) is 4.79 Å². The van der Waals surface area contributed by atoms with Gasteiger partial charge in [0.15, 0.2) is 5.78 Å². The van der Waals surface area contributed by atoms with Crippen molar-refractivity contribution < 1.29 is 43.2 Å². The van der Waals surface area contributed by atoms with Crippen LogP contribution in [0.4, 0.5) is 0 Å². The third-order valence-electron chi connectivity index (χ3n) is 4.65. The number of hydrogen-bond acceptors (Lipinski definition) is 9. The van der Waals surface area contributed by atoms with Gasteiger partial charge >= 0.3 is 11.9 Å². The fourth-order valence-corrected chi connectivity index (χ4v) is 2.41. The molecule has 0 aromatic rings. The fraction of sp³-hybridized carbons (Fsp3) is 0.625. The Morgan fingerprint density at radius 2 is 1.24 bits per heavy atom. The number of hydrogen-bond donors (Lipinski definition) is 1. The average molecular weight is 471 g/mol. The van der Waals surface area contributed by atoms with E-state index in [-0.39, 0.29) is 57.6 Å². The van der Waals surface area contributed by atoms with E-state index >= 15 is 0 Å². The lowest BCUT2D eigenvalue weighted by Gasteiger charge is -2.33. The summed E-state index contributed by atoms with van der Waals surface area (Å²) < 4.78 is 27.1. The Hall–Kier alpha value is -2.33. The second-order valence-electron chi connectivity index (χ2n) is 7.92. The number of Topliss-reactive ketones (excluding diaryl/α,β-unsaturated/α-hetero) is 1. The Morgan fingerprint density at radius 3 is 1.58 bits per heavy atom. The van der Waals surface area contributed by atoms with E-state index < -0.39 is 30.1 Å². The van der Waals surface area contributed by atoms with Crippen LogP contribution in [-0.4, -0.2) is 81.8 Å². The first kappa shape index (κ1) is 30.7. The standard InChI is InChI=1S/C24H38O9/c1-8-24(14-29-9-11-31-22(27)18(4)5,15-30-10-12-32-23(28)19(6)7)16-33-20(13-25)21(26)17(2)3/h20,25H,2,4,6,8-16H2,1,3,5,7H3. The molecule has 0 heterocycles. The van der Waals surface area contributed by atoms with Crippen LogP contribution in [0.1, 0.15) is 34.1 Å². The van der Waals surface area contributed by atoms with E-state index in [4.69, 9.17) is 23.7 Å². The van der Waals surface area contributed by atoms with Crippen LogP contribution in [0.25, 0.3) is 0 Å². The van der Waals surface area contributed by atoms with Crippen LogP contribution < -0.4 is 0 Å². The third-order valence-corrected chi connectivity index (χ3v) is 4.65. The lowest BCUT2D eigenvalue weighted by molar-refractivity contribution is -0.144. The number of aliphatic hydroxyl groups is 1. The summed E-state index contributed by atoms with van der Waals surface area (Å²) >= 11 is 0. The summed E-state index contributed by atoms with van der Waals surface area (Å²) in [6, 6.07) is 0. The van der Waals surface area contributed by atoms with Crippen molar-refractivity contribution in [2.24, 2.45) is 5.41 Å². The van der Waals surface area contributed by atoms with Gasteiger partial charge in [0, 0.05) is 16.6 Å². The minimum Gasteiger partial charge on any atom is -0.460 e. The summed E-state index contributed by atoms with van der Waals surface area (Å²) in [5.74, 6) is -1.39. The van der Waals surface area contributed by atoms with E-state index in [1.807, 2.05) is 6.92 Å². The van der Waals surface area contributed by atoms with Crippen molar-refractivity contribution >= 4 is 17.7 Å². The summed E-state index contributed by atoms with van der Waals surface area (Å²) in [6.07, 6.45) is -0.481. The number of carbonyl (C=O) groups excluding carboxylic acids is 3. The molecule has 0 saturated carbocycles. The Balaban J connectivity index is 4.96. The highest BCUT2D eigenvalue weighted by molar-refractivity contribution is 5.97. The fourth-order valence-electron chi connectivity index (χ4n) is 2.41. The summed E-state index contributed by atoms with van der Waals surface area (Å²) in [5, 5.41) is 9.54. The van der Waals surface area contributed by atoms with Crippen molar-refractivity contribution in [2.45, 2.75) is 40.2 Å². The molecule has 1 atom stereocenters. The van der Waals surface area contributed by atoms with Crippen molar-refractivity contribution in [3.05, 3.63) is 36.5 Å². The smallest absolute Gasteiger partial charge is 0.333 e. The predicted octanol–water partition coefficient (Wildman–Crippen LogP) is 2.18. The Kier molecular flexibility index (Phi) is 15.2. The topological polar surface area (TPSA) is 118 Å². The zero-order valence-corrected chi connectivity index (χ0v) is 20.3. The van der Waals surface area contributed by atoms with Crippen molar-refractivity contribution in [3.8, 4) is 0 Å². The normalized spacial score (nSPS) is 12.0. The highest BCUT2D eigenvalue weighted by atomic mass is 16.6. The zero-order valence-electron chi connectivity index (χ0n) is 20.3. The van der Waals surface area contributed by atoms with Crippen LogP contribution in [0.3, 0.4) is 0 Å². The molecule has 33 heavy (non-hydrogen) atoms. The van der Waals surface area contributed by atoms with E-state index in [2.05, 4.69) is 19.7 Å². The van der Waals surface area contributed by atoms with Gasteiger partial charge in [-0.15, -0.1) is 0 Å². The second-order valence-corrected chi connectivity index (χ2v) is 7.92. The van der Waals surface area contributed by atoms with Gasteiger partial charge in [0.1, 0.15) is 19.3 Å². The summed E-state index contributed by atoms with van der Waals surface area (Å²) in [6.45, 7) is 17.5. The molecule has 0 bridgehead atoms. The van der Waals surface area contributed by atoms with Gasteiger partial charge < -0.3 is 28.8 Å². The number of ether oxygens (including phenoxy) is 5. The molecule has 9 heteroatoms.